The summed E-state index contributed by atoms with van der Waals surface area (Å²) in [6, 6.07) is 11.0. The summed E-state index contributed by atoms with van der Waals surface area (Å²) in [5, 5.41) is 14.4. The van der Waals surface area contributed by atoms with Gasteiger partial charge in [-0.2, -0.15) is 0 Å². The van der Waals surface area contributed by atoms with Crippen molar-refractivity contribution in [3.63, 3.8) is 0 Å². The molecular formula is C19H23NO3. The fourth-order valence-electron chi connectivity index (χ4n) is 3.18. The Morgan fingerprint density at radius 1 is 1.22 bits per heavy atom. The minimum absolute atomic E-state index is 0.312. The molecule has 2 N–H and O–H groups in total. The zero-order valence-electron chi connectivity index (χ0n) is 13.3. The van der Waals surface area contributed by atoms with Gasteiger partial charge in [-0.15, -0.1) is 0 Å². The van der Waals surface area contributed by atoms with E-state index in [0.717, 1.165) is 48.6 Å². The lowest BCUT2D eigenvalue weighted by molar-refractivity contribution is 0.0697. The Kier molecular flexibility index (Phi) is 5.13. The van der Waals surface area contributed by atoms with E-state index in [0.29, 0.717) is 5.56 Å². The molecule has 4 nitrogen and oxygen atoms in total. The summed E-state index contributed by atoms with van der Waals surface area (Å²) in [6.45, 7) is 3.03. The van der Waals surface area contributed by atoms with Crippen LogP contribution in [0.5, 0.6) is 5.75 Å². The van der Waals surface area contributed by atoms with Crippen LogP contribution < -0.4 is 10.1 Å². The highest BCUT2D eigenvalue weighted by molar-refractivity contribution is 5.94. The number of carbonyl (C=O) groups is 1. The molecule has 122 valence electrons. The molecule has 3 rings (SSSR count). The summed E-state index contributed by atoms with van der Waals surface area (Å²) >= 11 is 0. The molecule has 0 radical (unpaired) electrons. The number of nitrogens with one attached hydrogen (secondary N) is 1. The van der Waals surface area contributed by atoms with Crippen LogP contribution >= 0.6 is 0 Å². The van der Waals surface area contributed by atoms with E-state index in [1.807, 2.05) is 24.3 Å². The standard InChI is InChI=1S/C19H23NO3/c21-19(22)17-6-5-16-12-18(8-7-15(16)11-17)23-10-2-4-14-3-1-9-20-13-14/h5-8,11-12,14,20H,1-4,9-10,13H2,(H,21,22). The lowest BCUT2D eigenvalue weighted by Gasteiger charge is -2.22. The molecule has 4 heteroatoms. The summed E-state index contributed by atoms with van der Waals surface area (Å²) in [4.78, 5) is 11.0. The zero-order valence-corrected chi connectivity index (χ0v) is 13.3. The van der Waals surface area contributed by atoms with Gasteiger partial charge in [0.05, 0.1) is 12.2 Å². The Morgan fingerprint density at radius 3 is 2.83 bits per heavy atom. The van der Waals surface area contributed by atoms with Crippen molar-refractivity contribution in [1.29, 1.82) is 0 Å². The van der Waals surface area contributed by atoms with Crippen molar-refractivity contribution in [3.05, 3.63) is 42.0 Å². The lowest BCUT2D eigenvalue weighted by atomic mass is 9.95. The Balaban J connectivity index is 1.53. The maximum Gasteiger partial charge on any atom is 0.335 e. The van der Waals surface area contributed by atoms with Crippen LogP contribution in [0.1, 0.15) is 36.0 Å². The summed E-state index contributed by atoms with van der Waals surface area (Å²) < 4.78 is 5.85. The first-order valence-electron chi connectivity index (χ1n) is 8.33. The number of rotatable bonds is 6. The number of benzene rings is 2. The average Bonchev–Trinajstić information content (AvgIpc) is 2.59. The molecule has 1 saturated heterocycles. The number of carboxylic acid groups (broad SMARTS) is 1. The first-order chi connectivity index (χ1) is 11.2. The van der Waals surface area contributed by atoms with Gasteiger partial charge in [0, 0.05) is 0 Å². The molecule has 0 aliphatic carbocycles. The van der Waals surface area contributed by atoms with Crippen LogP contribution in [0.2, 0.25) is 0 Å². The molecule has 0 spiro atoms. The third-order valence-electron chi connectivity index (χ3n) is 4.48. The normalized spacial score (nSPS) is 18.0. The van der Waals surface area contributed by atoms with Crippen molar-refractivity contribution in [1.82, 2.24) is 5.32 Å². The fraction of sp³-hybridized carbons (Fsp3) is 0.421. The van der Waals surface area contributed by atoms with Crippen molar-refractivity contribution in [2.45, 2.75) is 25.7 Å². The number of aromatic carboxylic acids is 1. The van der Waals surface area contributed by atoms with Gasteiger partial charge in [0.25, 0.3) is 0 Å². The first-order valence-corrected chi connectivity index (χ1v) is 8.33. The number of piperidine rings is 1. The van der Waals surface area contributed by atoms with Gasteiger partial charge in [-0.1, -0.05) is 12.1 Å². The largest absolute Gasteiger partial charge is 0.494 e. The minimum atomic E-state index is -0.899. The van der Waals surface area contributed by atoms with Crippen molar-refractivity contribution in [2.75, 3.05) is 19.7 Å². The Hall–Kier alpha value is -2.07. The second kappa shape index (κ2) is 7.47. The van der Waals surface area contributed by atoms with Gasteiger partial charge in [-0.05, 0) is 79.7 Å². The molecule has 1 fully saturated rings. The third-order valence-corrected chi connectivity index (χ3v) is 4.48. The second-order valence-corrected chi connectivity index (χ2v) is 6.23. The van der Waals surface area contributed by atoms with Crippen LogP contribution in [0.4, 0.5) is 0 Å². The van der Waals surface area contributed by atoms with Gasteiger partial charge in [0.2, 0.25) is 0 Å². The molecular weight excluding hydrogens is 290 g/mol. The maximum absolute atomic E-state index is 11.0. The predicted molar refractivity (Wildman–Crippen MR) is 91.2 cm³/mol. The second-order valence-electron chi connectivity index (χ2n) is 6.23. The van der Waals surface area contributed by atoms with E-state index in [-0.39, 0.29) is 0 Å². The monoisotopic (exact) mass is 313 g/mol. The Labute approximate surface area is 136 Å². The van der Waals surface area contributed by atoms with Crippen LogP contribution in [0.25, 0.3) is 10.8 Å². The molecule has 1 aliphatic heterocycles. The number of carboxylic acids is 1. The molecule has 1 heterocycles. The van der Waals surface area contributed by atoms with E-state index in [2.05, 4.69) is 5.32 Å². The van der Waals surface area contributed by atoms with Crippen LogP contribution in [-0.2, 0) is 0 Å². The predicted octanol–water partition coefficient (Wildman–Crippen LogP) is 3.70. The molecule has 1 aliphatic rings. The number of hydrogen-bond acceptors (Lipinski definition) is 3. The van der Waals surface area contributed by atoms with E-state index < -0.39 is 5.97 Å². The SMILES string of the molecule is O=C(O)c1ccc2cc(OCCCC3CCCNC3)ccc2c1. The summed E-state index contributed by atoms with van der Waals surface area (Å²) in [7, 11) is 0. The van der Waals surface area contributed by atoms with Gasteiger partial charge < -0.3 is 15.2 Å². The Bertz CT molecular complexity index is 677. The van der Waals surface area contributed by atoms with Crippen LogP contribution in [0.15, 0.2) is 36.4 Å². The highest BCUT2D eigenvalue weighted by Gasteiger charge is 2.12. The van der Waals surface area contributed by atoms with Crippen LogP contribution in [0, 0.1) is 5.92 Å². The smallest absolute Gasteiger partial charge is 0.335 e. The molecule has 23 heavy (non-hydrogen) atoms. The molecule has 1 atom stereocenters. The van der Waals surface area contributed by atoms with Gasteiger partial charge in [-0.25, -0.2) is 4.79 Å². The third kappa shape index (κ3) is 4.23. The number of fused-ring (bicyclic) bond motifs is 1. The highest BCUT2D eigenvalue weighted by atomic mass is 16.5. The number of ether oxygens (including phenoxy) is 1. The van der Waals surface area contributed by atoms with Crippen molar-refractivity contribution in [2.24, 2.45) is 5.92 Å². The molecule has 2 aromatic carbocycles. The molecule has 0 aromatic heterocycles. The average molecular weight is 313 g/mol. The molecule has 1 unspecified atom stereocenters. The fourth-order valence-corrected chi connectivity index (χ4v) is 3.18. The maximum atomic E-state index is 11.0. The number of hydrogen-bond donors (Lipinski definition) is 2. The van der Waals surface area contributed by atoms with E-state index in [4.69, 9.17) is 9.84 Å². The molecule has 0 bridgehead atoms. The lowest BCUT2D eigenvalue weighted by Crippen LogP contribution is -2.29. The van der Waals surface area contributed by atoms with E-state index in [1.54, 1.807) is 12.1 Å². The van der Waals surface area contributed by atoms with Crippen molar-refractivity contribution < 1.29 is 14.6 Å². The van der Waals surface area contributed by atoms with E-state index >= 15 is 0 Å². The van der Waals surface area contributed by atoms with Crippen molar-refractivity contribution >= 4 is 16.7 Å². The zero-order chi connectivity index (χ0) is 16.1. The molecule has 2 aromatic rings. The van der Waals surface area contributed by atoms with E-state index in [9.17, 15) is 4.79 Å². The summed E-state index contributed by atoms with van der Waals surface area (Å²) in [5.74, 6) is 0.741. The van der Waals surface area contributed by atoms with Crippen molar-refractivity contribution in [3.8, 4) is 5.75 Å². The van der Waals surface area contributed by atoms with Gasteiger partial charge in [-0.3, -0.25) is 0 Å². The van der Waals surface area contributed by atoms with Gasteiger partial charge >= 0.3 is 5.97 Å². The molecule has 0 saturated carbocycles. The Morgan fingerprint density at radius 2 is 2.04 bits per heavy atom. The van der Waals surface area contributed by atoms with E-state index in [1.165, 1.54) is 19.3 Å². The first kappa shape index (κ1) is 15.8. The quantitative estimate of drug-likeness (QED) is 0.798. The van der Waals surface area contributed by atoms with Crippen LogP contribution in [-0.4, -0.2) is 30.8 Å². The van der Waals surface area contributed by atoms with Gasteiger partial charge in [0.15, 0.2) is 0 Å². The summed E-state index contributed by atoms with van der Waals surface area (Å²) in [6.07, 6.45) is 4.90. The van der Waals surface area contributed by atoms with Crippen LogP contribution in [0.3, 0.4) is 0 Å². The van der Waals surface area contributed by atoms with Gasteiger partial charge in [0.1, 0.15) is 5.75 Å². The minimum Gasteiger partial charge on any atom is -0.494 e. The molecule has 0 amide bonds. The summed E-state index contributed by atoms with van der Waals surface area (Å²) in [5.41, 5.74) is 0.312. The highest BCUT2D eigenvalue weighted by Crippen LogP contribution is 2.23. The topological polar surface area (TPSA) is 58.6 Å².